The molecular weight excluding hydrogens is 254 g/mol. The van der Waals surface area contributed by atoms with E-state index in [0.717, 1.165) is 30.0 Å². The molecule has 0 aliphatic heterocycles. The molecule has 1 amide bonds. The molecule has 2 rings (SSSR count). The normalized spacial score (nSPS) is 10.5. The third-order valence-corrected chi connectivity index (χ3v) is 2.87. The van der Waals surface area contributed by atoms with Gasteiger partial charge < -0.3 is 15.2 Å². The lowest BCUT2D eigenvalue weighted by Crippen LogP contribution is -2.28. The average Bonchev–Trinajstić information content (AvgIpc) is 2.86. The number of nitrogens with one attached hydrogen (secondary N) is 2. The van der Waals surface area contributed by atoms with Crippen LogP contribution in [0.25, 0.3) is 11.4 Å². The standard InChI is InChI=1S/C14H19N5O/c1-3-8-15-9-13(20)17-12-7-5-4-6-11(12)14-18-16-10-19(14)2/h4-7,10,15H,3,8-9H2,1-2H3,(H,17,20). The lowest BCUT2D eigenvalue weighted by atomic mass is 10.1. The number of hydrogen-bond acceptors (Lipinski definition) is 4. The third kappa shape index (κ3) is 3.42. The van der Waals surface area contributed by atoms with Crippen LogP contribution in [-0.2, 0) is 11.8 Å². The molecule has 0 spiro atoms. The summed E-state index contributed by atoms with van der Waals surface area (Å²) in [6.07, 6.45) is 2.64. The summed E-state index contributed by atoms with van der Waals surface area (Å²) in [7, 11) is 1.87. The van der Waals surface area contributed by atoms with Crippen LogP contribution in [0.15, 0.2) is 30.6 Å². The van der Waals surface area contributed by atoms with Gasteiger partial charge in [0, 0.05) is 12.6 Å². The highest BCUT2D eigenvalue weighted by molar-refractivity contribution is 5.95. The maximum atomic E-state index is 11.9. The zero-order valence-electron chi connectivity index (χ0n) is 11.8. The number of carbonyl (C=O) groups is 1. The number of nitrogens with zero attached hydrogens (tertiary/aromatic N) is 3. The quantitative estimate of drug-likeness (QED) is 0.781. The van der Waals surface area contributed by atoms with Crippen LogP contribution >= 0.6 is 0 Å². The van der Waals surface area contributed by atoms with Crippen LogP contribution in [0.1, 0.15) is 13.3 Å². The molecule has 6 heteroatoms. The fraction of sp³-hybridized carbons (Fsp3) is 0.357. The van der Waals surface area contributed by atoms with Crippen LogP contribution in [-0.4, -0.2) is 33.8 Å². The number of aryl methyl sites for hydroxylation is 1. The van der Waals surface area contributed by atoms with Gasteiger partial charge in [0.05, 0.1) is 12.2 Å². The molecule has 0 atom stereocenters. The molecule has 0 bridgehead atoms. The Bertz CT molecular complexity index is 578. The number of amides is 1. The van der Waals surface area contributed by atoms with Gasteiger partial charge in [-0.3, -0.25) is 4.79 Å². The van der Waals surface area contributed by atoms with Crippen molar-refractivity contribution < 1.29 is 4.79 Å². The smallest absolute Gasteiger partial charge is 0.238 e. The molecule has 0 unspecified atom stereocenters. The van der Waals surface area contributed by atoms with E-state index in [4.69, 9.17) is 0 Å². The molecule has 2 aromatic rings. The topological polar surface area (TPSA) is 71.8 Å². The zero-order chi connectivity index (χ0) is 14.4. The largest absolute Gasteiger partial charge is 0.324 e. The Morgan fingerprint density at radius 1 is 1.35 bits per heavy atom. The molecular formula is C14H19N5O. The maximum Gasteiger partial charge on any atom is 0.238 e. The summed E-state index contributed by atoms with van der Waals surface area (Å²) >= 11 is 0. The molecule has 20 heavy (non-hydrogen) atoms. The average molecular weight is 273 g/mol. The Hall–Kier alpha value is -2.21. The molecule has 0 radical (unpaired) electrons. The summed E-state index contributed by atoms with van der Waals surface area (Å²) in [5.41, 5.74) is 1.60. The van der Waals surface area contributed by atoms with E-state index in [1.54, 1.807) is 6.33 Å². The van der Waals surface area contributed by atoms with Crippen molar-refractivity contribution in [2.75, 3.05) is 18.4 Å². The van der Waals surface area contributed by atoms with E-state index in [-0.39, 0.29) is 5.91 Å². The Kier molecular flexibility index (Phi) is 4.84. The van der Waals surface area contributed by atoms with Crippen LogP contribution < -0.4 is 10.6 Å². The number of para-hydroxylation sites is 1. The third-order valence-electron chi connectivity index (χ3n) is 2.87. The summed E-state index contributed by atoms with van der Waals surface area (Å²) in [5.74, 6) is 0.662. The van der Waals surface area contributed by atoms with Crippen molar-refractivity contribution in [2.45, 2.75) is 13.3 Å². The fourth-order valence-corrected chi connectivity index (χ4v) is 1.89. The maximum absolute atomic E-state index is 11.9. The Morgan fingerprint density at radius 3 is 2.85 bits per heavy atom. The van der Waals surface area contributed by atoms with Crippen molar-refractivity contribution in [3.63, 3.8) is 0 Å². The predicted octanol–water partition coefficient (Wildman–Crippen LogP) is 1.42. The van der Waals surface area contributed by atoms with Gasteiger partial charge in [-0.1, -0.05) is 19.1 Å². The summed E-state index contributed by atoms with van der Waals surface area (Å²) in [5, 5.41) is 13.9. The minimum Gasteiger partial charge on any atom is -0.324 e. The molecule has 0 aliphatic rings. The molecule has 0 fully saturated rings. The summed E-state index contributed by atoms with van der Waals surface area (Å²) < 4.78 is 1.82. The van der Waals surface area contributed by atoms with Crippen LogP contribution in [0.5, 0.6) is 0 Å². The van der Waals surface area contributed by atoms with Crippen molar-refractivity contribution in [3.8, 4) is 11.4 Å². The van der Waals surface area contributed by atoms with Crippen molar-refractivity contribution in [1.29, 1.82) is 0 Å². The molecule has 1 aromatic carbocycles. The van der Waals surface area contributed by atoms with Crippen molar-refractivity contribution in [3.05, 3.63) is 30.6 Å². The highest BCUT2D eigenvalue weighted by Gasteiger charge is 2.11. The monoisotopic (exact) mass is 273 g/mol. The molecule has 0 saturated carbocycles. The molecule has 2 N–H and O–H groups in total. The number of rotatable bonds is 6. The molecule has 6 nitrogen and oxygen atoms in total. The number of hydrogen-bond donors (Lipinski definition) is 2. The van der Waals surface area contributed by atoms with Gasteiger partial charge in [-0.15, -0.1) is 10.2 Å². The van der Waals surface area contributed by atoms with Gasteiger partial charge in [0.2, 0.25) is 5.91 Å². The van der Waals surface area contributed by atoms with Crippen molar-refractivity contribution >= 4 is 11.6 Å². The molecule has 1 aromatic heterocycles. The van der Waals surface area contributed by atoms with E-state index in [1.165, 1.54) is 0 Å². The highest BCUT2D eigenvalue weighted by atomic mass is 16.1. The predicted molar refractivity (Wildman–Crippen MR) is 78.2 cm³/mol. The van der Waals surface area contributed by atoms with Crippen LogP contribution in [0, 0.1) is 0 Å². The lowest BCUT2D eigenvalue weighted by molar-refractivity contribution is -0.115. The SMILES string of the molecule is CCCNCC(=O)Nc1ccccc1-c1nncn1C. The van der Waals surface area contributed by atoms with Crippen LogP contribution in [0.3, 0.4) is 0 Å². The minimum atomic E-state index is -0.0620. The summed E-state index contributed by atoms with van der Waals surface area (Å²) in [6.45, 7) is 3.20. The summed E-state index contributed by atoms with van der Waals surface area (Å²) in [4.78, 5) is 11.9. The van der Waals surface area contributed by atoms with Gasteiger partial charge in [0.1, 0.15) is 6.33 Å². The fourth-order valence-electron chi connectivity index (χ4n) is 1.89. The van der Waals surface area contributed by atoms with Gasteiger partial charge in [0.15, 0.2) is 5.82 Å². The number of carbonyl (C=O) groups excluding carboxylic acids is 1. The van der Waals surface area contributed by atoms with Crippen molar-refractivity contribution in [1.82, 2.24) is 20.1 Å². The van der Waals surface area contributed by atoms with Gasteiger partial charge in [-0.2, -0.15) is 0 Å². The zero-order valence-corrected chi connectivity index (χ0v) is 11.8. The van der Waals surface area contributed by atoms with Gasteiger partial charge in [0.25, 0.3) is 0 Å². The van der Waals surface area contributed by atoms with E-state index in [9.17, 15) is 4.79 Å². The van der Waals surface area contributed by atoms with Gasteiger partial charge in [-0.25, -0.2) is 0 Å². The molecule has 0 saturated heterocycles. The van der Waals surface area contributed by atoms with E-state index in [2.05, 4.69) is 27.8 Å². The minimum absolute atomic E-state index is 0.0620. The van der Waals surface area contributed by atoms with E-state index in [1.807, 2.05) is 35.9 Å². The van der Waals surface area contributed by atoms with E-state index < -0.39 is 0 Å². The molecule has 1 heterocycles. The van der Waals surface area contributed by atoms with Gasteiger partial charge >= 0.3 is 0 Å². The van der Waals surface area contributed by atoms with Crippen molar-refractivity contribution in [2.24, 2.45) is 7.05 Å². The number of benzene rings is 1. The van der Waals surface area contributed by atoms with Crippen LogP contribution in [0.2, 0.25) is 0 Å². The lowest BCUT2D eigenvalue weighted by Gasteiger charge is -2.10. The first-order chi connectivity index (χ1) is 9.72. The molecule has 106 valence electrons. The highest BCUT2D eigenvalue weighted by Crippen LogP contribution is 2.25. The first-order valence-electron chi connectivity index (χ1n) is 6.66. The molecule has 0 aliphatic carbocycles. The number of anilines is 1. The Morgan fingerprint density at radius 2 is 2.15 bits per heavy atom. The van der Waals surface area contributed by atoms with E-state index in [0.29, 0.717) is 6.54 Å². The second kappa shape index (κ2) is 6.81. The van der Waals surface area contributed by atoms with E-state index >= 15 is 0 Å². The Balaban J connectivity index is 2.13. The summed E-state index contributed by atoms with van der Waals surface area (Å²) in [6, 6.07) is 7.57. The second-order valence-corrected chi connectivity index (χ2v) is 4.54. The number of aromatic nitrogens is 3. The first kappa shape index (κ1) is 14.2. The first-order valence-corrected chi connectivity index (χ1v) is 6.66. The Labute approximate surface area is 118 Å². The van der Waals surface area contributed by atoms with Crippen LogP contribution in [0.4, 0.5) is 5.69 Å². The second-order valence-electron chi connectivity index (χ2n) is 4.54. The van der Waals surface area contributed by atoms with Gasteiger partial charge in [-0.05, 0) is 25.1 Å².